The average Bonchev–Trinajstić information content (AvgIpc) is 2.45. The van der Waals surface area contributed by atoms with Gasteiger partial charge in [-0.2, -0.15) is 0 Å². The van der Waals surface area contributed by atoms with Gasteiger partial charge in [-0.1, -0.05) is 24.3 Å². The van der Waals surface area contributed by atoms with Crippen molar-refractivity contribution in [3.8, 4) is 0 Å². The monoisotopic (exact) mass is 292 g/mol. The average molecular weight is 292 g/mol. The van der Waals surface area contributed by atoms with Gasteiger partial charge in [0.2, 0.25) is 0 Å². The molecule has 0 spiro atoms. The summed E-state index contributed by atoms with van der Waals surface area (Å²) in [5.74, 6) is -3.30. The standard InChI is InChI=1S/C17H15F3O/c18-13-8-14(19)16(15(20)9-13)17(21)12-6-5-10-3-1-2-4-11(10)7-12/h1-4,8-9,12,17,21H,5-7H2. The topological polar surface area (TPSA) is 20.2 Å². The van der Waals surface area contributed by atoms with Gasteiger partial charge in [0.15, 0.2) is 0 Å². The van der Waals surface area contributed by atoms with Crippen LogP contribution in [0.1, 0.15) is 29.2 Å². The Labute approximate surface area is 121 Å². The van der Waals surface area contributed by atoms with Gasteiger partial charge < -0.3 is 5.11 Å². The van der Waals surface area contributed by atoms with Crippen LogP contribution in [0.5, 0.6) is 0 Å². The number of hydrogen-bond donors (Lipinski definition) is 1. The van der Waals surface area contributed by atoms with Crippen molar-refractivity contribution in [1.82, 2.24) is 0 Å². The van der Waals surface area contributed by atoms with Gasteiger partial charge in [0.05, 0.1) is 11.7 Å². The van der Waals surface area contributed by atoms with E-state index in [4.69, 9.17) is 0 Å². The molecule has 2 unspecified atom stereocenters. The van der Waals surface area contributed by atoms with E-state index in [0.717, 1.165) is 12.0 Å². The van der Waals surface area contributed by atoms with E-state index in [1.807, 2.05) is 24.3 Å². The SMILES string of the molecule is OC(c1c(F)cc(F)cc1F)C1CCc2ccccc2C1. The minimum absolute atomic E-state index is 0.269. The van der Waals surface area contributed by atoms with Crippen LogP contribution in [0, 0.1) is 23.4 Å². The molecule has 1 nitrogen and oxygen atoms in total. The lowest BCUT2D eigenvalue weighted by atomic mass is 9.79. The summed E-state index contributed by atoms with van der Waals surface area (Å²) >= 11 is 0. The van der Waals surface area contributed by atoms with E-state index < -0.39 is 29.1 Å². The van der Waals surface area contributed by atoms with E-state index in [1.165, 1.54) is 5.56 Å². The van der Waals surface area contributed by atoms with Crippen molar-refractivity contribution in [2.75, 3.05) is 0 Å². The largest absolute Gasteiger partial charge is 0.388 e. The second-order valence-corrected chi connectivity index (χ2v) is 5.50. The lowest BCUT2D eigenvalue weighted by Crippen LogP contribution is -2.22. The Hall–Kier alpha value is -1.81. The van der Waals surface area contributed by atoms with Crippen molar-refractivity contribution >= 4 is 0 Å². The summed E-state index contributed by atoms with van der Waals surface area (Å²) in [4.78, 5) is 0. The Balaban J connectivity index is 1.89. The fraction of sp³-hybridized carbons (Fsp3) is 0.294. The maximum atomic E-state index is 13.8. The molecular formula is C17H15F3O. The minimum Gasteiger partial charge on any atom is -0.388 e. The summed E-state index contributed by atoms with van der Waals surface area (Å²) in [6.07, 6.45) is 0.712. The van der Waals surface area contributed by atoms with Gasteiger partial charge in [0, 0.05) is 12.1 Å². The Morgan fingerprint density at radius 1 is 1.00 bits per heavy atom. The summed E-state index contributed by atoms with van der Waals surface area (Å²) in [7, 11) is 0. The van der Waals surface area contributed by atoms with E-state index in [9.17, 15) is 18.3 Å². The first-order valence-corrected chi connectivity index (χ1v) is 6.95. The van der Waals surface area contributed by atoms with Crippen molar-refractivity contribution < 1.29 is 18.3 Å². The van der Waals surface area contributed by atoms with Gasteiger partial charge in [-0.15, -0.1) is 0 Å². The Kier molecular flexibility index (Phi) is 3.72. The molecule has 0 aliphatic heterocycles. The summed E-state index contributed by atoms with van der Waals surface area (Å²) < 4.78 is 40.5. The fourth-order valence-corrected chi connectivity index (χ4v) is 3.07. The number of aryl methyl sites for hydroxylation is 1. The van der Waals surface area contributed by atoms with Crippen LogP contribution in [-0.4, -0.2) is 5.11 Å². The Morgan fingerprint density at radius 2 is 1.62 bits per heavy atom. The highest BCUT2D eigenvalue weighted by atomic mass is 19.1. The third kappa shape index (κ3) is 2.68. The molecule has 2 aromatic carbocycles. The highest BCUT2D eigenvalue weighted by Gasteiger charge is 2.30. The van der Waals surface area contributed by atoms with E-state index in [-0.39, 0.29) is 5.92 Å². The van der Waals surface area contributed by atoms with Crippen molar-refractivity contribution in [2.24, 2.45) is 5.92 Å². The zero-order valence-corrected chi connectivity index (χ0v) is 11.3. The molecule has 0 fully saturated rings. The van der Waals surface area contributed by atoms with Crippen molar-refractivity contribution in [1.29, 1.82) is 0 Å². The minimum atomic E-state index is -1.26. The van der Waals surface area contributed by atoms with Crippen LogP contribution in [0.2, 0.25) is 0 Å². The van der Waals surface area contributed by atoms with Crippen LogP contribution in [-0.2, 0) is 12.8 Å². The molecule has 0 amide bonds. The number of halogens is 3. The second kappa shape index (κ2) is 5.53. The van der Waals surface area contributed by atoms with Crippen molar-refractivity contribution in [2.45, 2.75) is 25.4 Å². The summed E-state index contributed by atoms with van der Waals surface area (Å²) in [6, 6.07) is 9.07. The number of aliphatic hydroxyl groups is 1. The molecule has 0 heterocycles. The first kappa shape index (κ1) is 14.1. The highest BCUT2D eigenvalue weighted by molar-refractivity contribution is 5.31. The zero-order chi connectivity index (χ0) is 15.0. The molecule has 1 aliphatic carbocycles. The summed E-state index contributed by atoms with van der Waals surface area (Å²) in [5, 5.41) is 10.3. The quantitative estimate of drug-likeness (QED) is 0.889. The molecule has 0 saturated heterocycles. The fourth-order valence-electron chi connectivity index (χ4n) is 3.07. The van der Waals surface area contributed by atoms with Gasteiger partial charge in [0.1, 0.15) is 17.5 Å². The van der Waals surface area contributed by atoms with Gasteiger partial charge in [-0.3, -0.25) is 0 Å². The number of hydrogen-bond acceptors (Lipinski definition) is 1. The molecule has 3 rings (SSSR count). The van der Waals surface area contributed by atoms with Crippen molar-refractivity contribution in [3.05, 3.63) is 70.5 Å². The summed E-state index contributed by atoms with van der Waals surface area (Å²) in [5.41, 5.74) is 1.87. The molecule has 0 bridgehead atoms. The molecular weight excluding hydrogens is 277 g/mol. The molecule has 4 heteroatoms. The number of benzene rings is 2. The molecule has 0 saturated carbocycles. The smallest absolute Gasteiger partial charge is 0.134 e. The van der Waals surface area contributed by atoms with Gasteiger partial charge in [0.25, 0.3) is 0 Å². The lowest BCUT2D eigenvalue weighted by Gasteiger charge is -2.29. The first-order chi connectivity index (χ1) is 10.1. The van der Waals surface area contributed by atoms with Gasteiger partial charge in [-0.25, -0.2) is 13.2 Å². The van der Waals surface area contributed by atoms with Crippen LogP contribution >= 0.6 is 0 Å². The Morgan fingerprint density at radius 3 is 2.29 bits per heavy atom. The molecule has 110 valence electrons. The predicted octanol–water partition coefficient (Wildman–Crippen LogP) is 3.94. The Bertz CT molecular complexity index is 646. The zero-order valence-electron chi connectivity index (χ0n) is 11.3. The highest BCUT2D eigenvalue weighted by Crippen LogP contribution is 2.36. The number of aliphatic hydroxyl groups excluding tert-OH is 1. The van der Waals surface area contributed by atoms with Gasteiger partial charge in [-0.05, 0) is 36.3 Å². The lowest BCUT2D eigenvalue weighted by molar-refractivity contribution is 0.0919. The van der Waals surface area contributed by atoms with E-state index in [2.05, 4.69) is 0 Å². The van der Waals surface area contributed by atoms with Crippen LogP contribution < -0.4 is 0 Å². The van der Waals surface area contributed by atoms with Crippen LogP contribution in [0.3, 0.4) is 0 Å². The van der Waals surface area contributed by atoms with Gasteiger partial charge >= 0.3 is 0 Å². The third-order valence-electron chi connectivity index (χ3n) is 4.17. The molecule has 1 N–H and O–H groups in total. The predicted molar refractivity (Wildman–Crippen MR) is 73.2 cm³/mol. The van der Waals surface area contributed by atoms with Crippen LogP contribution in [0.4, 0.5) is 13.2 Å². The van der Waals surface area contributed by atoms with Crippen LogP contribution in [0.15, 0.2) is 36.4 Å². The number of fused-ring (bicyclic) bond motifs is 1. The van der Waals surface area contributed by atoms with Crippen molar-refractivity contribution in [3.63, 3.8) is 0 Å². The van der Waals surface area contributed by atoms with Crippen LogP contribution in [0.25, 0.3) is 0 Å². The van der Waals surface area contributed by atoms with E-state index in [0.29, 0.717) is 25.0 Å². The summed E-state index contributed by atoms with van der Waals surface area (Å²) in [6.45, 7) is 0. The first-order valence-electron chi connectivity index (χ1n) is 6.95. The van der Waals surface area contributed by atoms with E-state index in [1.54, 1.807) is 0 Å². The maximum absolute atomic E-state index is 13.8. The molecule has 21 heavy (non-hydrogen) atoms. The third-order valence-corrected chi connectivity index (χ3v) is 4.17. The molecule has 0 radical (unpaired) electrons. The number of rotatable bonds is 2. The second-order valence-electron chi connectivity index (χ2n) is 5.50. The molecule has 1 aliphatic rings. The van der Waals surface area contributed by atoms with E-state index >= 15 is 0 Å². The normalized spacial score (nSPS) is 19.1. The molecule has 2 atom stereocenters. The molecule has 0 aromatic heterocycles. The maximum Gasteiger partial charge on any atom is 0.134 e. The molecule has 2 aromatic rings.